The first-order valence-electron chi connectivity index (χ1n) is 5.97. The van der Waals surface area contributed by atoms with Gasteiger partial charge in [0, 0.05) is 22.3 Å². The number of aryl methyl sites for hydroxylation is 2. The van der Waals surface area contributed by atoms with E-state index in [1.165, 1.54) is 5.56 Å². The van der Waals surface area contributed by atoms with E-state index >= 15 is 0 Å². The van der Waals surface area contributed by atoms with Crippen molar-refractivity contribution in [3.05, 3.63) is 46.6 Å². The Bertz CT molecular complexity index is 566. The molecule has 1 aromatic heterocycles. The van der Waals surface area contributed by atoms with Gasteiger partial charge in [0.15, 0.2) is 0 Å². The van der Waals surface area contributed by atoms with Gasteiger partial charge in [0.1, 0.15) is 0 Å². The Labute approximate surface area is 113 Å². The molecule has 2 aromatic rings. The van der Waals surface area contributed by atoms with Crippen LogP contribution in [0.3, 0.4) is 0 Å². The minimum absolute atomic E-state index is 0.628. The van der Waals surface area contributed by atoms with Crippen LogP contribution in [0.4, 0.5) is 0 Å². The van der Waals surface area contributed by atoms with Gasteiger partial charge in [-0.2, -0.15) is 0 Å². The molecule has 0 aliphatic carbocycles. The lowest BCUT2D eigenvalue weighted by atomic mass is 10.0. The van der Waals surface area contributed by atoms with Crippen LogP contribution in [0, 0.1) is 13.8 Å². The van der Waals surface area contributed by atoms with E-state index in [2.05, 4.69) is 18.0 Å². The Balaban J connectivity index is 2.45. The third-order valence-corrected chi connectivity index (χ3v) is 3.06. The Hall–Kier alpha value is -1.54. The van der Waals surface area contributed by atoms with Gasteiger partial charge in [0.05, 0.1) is 6.61 Å². The average molecular weight is 262 g/mol. The highest BCUT2D eigenvalue weighted by atomic mass is 35.5. The van der Waals surface area contributed by atoms with E-state index in [-0.39, 0.29) is 0 Å². The van der Waals surface area contributed by atoms with Crippen molar-refractivity contribution in [3.8, 4) is 17.0 Å². The number of aromatic nitrogens is 1. The Morgan fingerprint density at radius 2 is 1.94 bits per heavy atom. The summed E-state index contributed by atoms with van der Waals surface area (Å²) in [4.78, 5) is 4.35. The first-order valence-corrected chi connectivity index (χ1v) is 6.35. The van der Waals surface area contributed by atoms with Crippen molar-refractivity contribution in [2.45, 2.75) is 20.8 Å². The third-order valence-electron chi connectivity index (χ3n) is 2.82. The molecule has 2 rings (SSSR count). The second kappa shape index (κ2) is 5.40. The van der Waals surface area contributed by atoms with Crippen LogP contribution in [0.1, 0.15) is 18.1 Å². The molecule has 0 atom stereocenters. The normalized spacial score (nSPS) is 10.4. The van der Waals surface area contributed by atoms with Crippen LogP contribution in [0.5, 0.6) is 5.88 Å². The second-order valence-corrected chi connectivity index (χ2v) is 4.67. The summed E-state index contributed by atoms with van der Waals surface area (Å²) in [7, 11) is 0. The number of ether oxygens (including phenoxy) is 1. The van der Waals surface area contributed by atoms with Crippen molar-refractivity contribution in [2.75, 3.05) is 6.61 Å². The molecule has 94 valence electrons. The quantitative estimate of drug-likeness (QED) is 0.816. The highest BCUT2D eigenvalue weighted by Gasteiger charge is 2.07. The SMILES string of the molecule is CCOc1ncc(-c2cc(Cl)ccc2C)cc1C. The molecular formula is C15H16ClNO. The number of halogens is 1. The summed E-state index contributed by atoms with van der Waals surface area (Å²) >= 11 is 6.04. The van der Waals surface area contributed by atoms with E-state index in [0.717, 1.165) is 21.7 Å². The van der Waals surface area contributed by atoms with Gasteiger partial charge in [-0.15, -0.1) is 0 Å². The first kappa shape index (κ1) is 12.9. The van der Waals surface area contributed by atoms with E-state index in [4.69, 9.17) is 16.3 Å². The molecular weight excluding hydrogens is 246 g/mol. The molecule has 0 aliphatic rings. The Morgan fingerprint density at radius 3 is 2.61 bits per heavy atom. The largest absolute Gasteiger partial charge is 0.478 e. The molecule has 1 heterocycles. The number of nitrogens with zero attached hydrogens (tertiary/aromatic N) is 1. The Kier molecular flexibility index (Phi) is 3.87. The van der Waals surface area contributed by atoms with Crippen molar-refractivity contribution >= 4 is 11.6 Å². The summed E-state index contributed by atoms with van der Waals surface area (Å²) in [6.45, 7) is 6.65. The molecule has 0 fully saturated rings. The maximum Gasteiger partial charge on any atom is 0.216 e. The van der Waals surface area contributed by atoms with Crippen LogP contribution in [0.25, 0.3) is 11.1 Å². The van der Waals surface area contributed by atoms with E-state index in [9.17, 15) is 0 Å². The van der Waals surface area contributed by atoms with Crippen molar-refractivity contribution in [1.82, 2.24) is 4.98 Å². The molecule has 18 heavy (non-hydrogen) atoms. The van der Waals surface area contributed by atoms with Gasteiger partial charge in [-0.05, 0) is 50.1 Å². The summed E-state index contributed by atoms with van der Waals surface area (Å²) < 4.78 is 5.44. The minimum Gasteiger partial charge on any atom is -0.478 e. The van der Waals surface area contributed by atoms with Gasteiger partial charge in [-0.1, -0.05) is 17.7 Å². The minimum atomic E-state index is 0.628. The third kappa shape index (κ3) is 2.65. The zero-order valence-electron chi connectivity index (χ0n) is 10.8. The van der Waals surface area contributed by atoms with Gasteiger partial charge in [0.25, 0.3) is 0 Å². The first-order chi connectivity index (χ1) is 8.61. The molecule has 0 N–H and O–H groups in total. The number of hydrogen-bond donors (Lipinski definition) is 0. The summed E-state index contributed by atoms with van der Waals surface area (Å²) in [5.41, 5.74) is 4.40. The van der Waals surface area contributed by atoms with Crippen molar-refractivity contribution in [1.29, 1.82) is 0 Å². The standard InChI is InChI=1S/C15H16ClNO/c1-4-18-15-11(3)7-12(9-17-15)14-8-13(16)6-5-10(14)2/h5-9H,4H2,1-3H3. The van der Waals surface area contributed by atoms with Crippen LogP contribution in [0.2, 0.25) is 5.02 Å². The molecule has 3 heteroatoms. The van der Waals surface area contributed by atoms with Gasteiger partial charge < -0.3 is 4.74 Å². The van der Waals surface area contributed by atoms with E-state index in [1.54, 1.807) is 0 Å². The predicted octanol–water partition coefficient (Wildman–Crippen LogP) is 4.42. The van der Waals surface area contributed by atoms with Crippen LogP contribution in [0.15, 0.2) is 30.5 Å². The summed E-state index contributed by atoms with van der Waals surface area (Å²) in [6, 6.07) is 7.96. The lowest BCUT2D eigenvalue weighted by Crippen LogP contribution is -1.97. The van der Waals surface area contributed by atoms with Gasteiger partial charge in [-0.25, -0.2) is 4.98 Å². The summed E-state index contributed by atoms with van der Waals surface area (Å²) in [5.74, 6) is 0.695. The van der Waals surface area contributed by atoms with E-state index < -0.39 is 0 Å². The molecule has 0 amide bonds. The van der Waals surface area contributed by atoms with E-state index in [1.807, 2.05) is 38.2 Å². The number of rotatable bonds is 3. The topological polar surface area (TPSA) is 22.1 Å². The van der Waals surface area contributed by atoms with Crippen molar-refractivity contribution in [3.63, 3.8) is 0 Å². The second-order valence-electron chi connectivity index (χ2n) is 4.24. The highest BCUT2D eigenvalue weighted by Crippen LogP contribution is 2.28. The van der Waals surface area contributed by atoms with Gasteiger partial charge in [0.2, 0.25) is 5.88 Å². The van der Waals surface area contributed by atoms with Gasteiger partial charge in [-0.3, -0.25) is 0 Å². The molecule has 0 bridgehead atoms. The molecule has 0 unspecified atom stereocenters. The molecule has 0 saturated heterocycles. The predicted molar refractivity (Wildman–Crippen MR) is 75.3 cm³/mol. The summed E-state index contributed by atoms with van der Waals surface area (Å²) in [6.07, 6.45) is 1.83. The van der Waals surface area contributed by atoms with E-state index in [0.29, 0.717) is 12.5 Å². The zero-order chi connectivity index (χ0) is 13.1. The lowest BCUT2D eigenvalue weighted by Gasteiger charge is -2.10. The molecule has 0 spiro atoms. The highest BCUT2D eigenvalue weighted by molar-refractivity contribution is 6.30. The number of pyridine rings is 1. The summed E-state index contributed by atoms with van der Waals surface area (Å²) in [5, 5.41) is 0.738. The molecule has 2 nitrogen and oxygen atoms in total. The van der Waals surface area contributed by atoms with Crippen LogP contribution in [-0.2, 0) is 0 Å². The fourth-order valence-corrected chi connectivity index (χ4v) is 2.07. The van der Waals surface area contributed by atoms with Gasteiger partial charge >= 0.3 is 0 Å². The molecule has 1 aromatic carbocycles. The molecule has 0 aliphatic heterocycles. The fraction of sp³-hybridized carbons (Fsp3) is 0.267. The number of benzene rings is 1. The zero-order valence-corrected chi connectivity index (χ0v) is 11.6. The average Bonchev–Trinajstić information content (AvgIpc) is 2.35. The Morgan fingerprint density at radius 1 is 1.17 bits per heavy atom. The fourth-order valence-electron chi connectivity index (χ4n) is 1.90. The maximum absolute atomic E-state index is 6.04. The van der Waals surface area contributed by atoms with Crippen LogP contribution < -0.4 is 4.74 Å². The van der Waals surface area contributed by atoms with Crippen molar-refractivity contribution < 1.29 is 4.74 Å². The smallest absolute Gasteiger partial charge is 0.216 e. The monoisotopic (exact) mass is 261 g/mol. The lowest BCUT2D eigenvalue weighted by molar-refractivity contribution is 0.324. The molecule has 0 radical (unpaired) electrons. The van der Waals surface area contributed by atoms with Crippen LogP contribution >= 0.6 is 11.6 Å². The molecule has 0 saturated carbocycles. The maximum atomic E-state index is 6.04. The number of hydrogen-bond acceptors (Lipinski definition) is 2. The van der Waals surface area contributed by atoms with Crippen LogP contribution in [-0.4, -0.2) is 11.6 Å². The van der Waals surface area contributed by atoms with Crippen molar-refractivity contribution in [2.24, 2.45) is 0 Å².